The van der Waals surface area contributed by atoms with Gasteiger partial charge in [-0.05, 0) is 24.5 Å². The summed E-state index contributed by atoms with van der Waals surface area (Å²) in [5, 5.41) is 7.10. The van der Waals surface area contributed by atoms with Gasteiger partial charge in [0.05, 0.1) is 11.9 Å². The highest BCUT2D eigenvalue weighted by atomic mass is 32.1. The van der Waals surface area contributed by atoms with Crippen molar-refractivity contribution >= 4 is 22.7 Å². The average Bonchev–Trinajstić information content (AvgIpc) is 3.05. The number of rotatable bonds is 5. The molecule has 1 N–H and O–H groups in total. The number of nitrogens with zero attached hydrogens (tertiary/aromatic N) is 2. The zero-order valence-corrected chi connectivity index (χ0v) is 14.1. The second-order valence-corrected chi connectivity index (χ2v) is 6.23. The molecule has 3 rings (SSSR count). The first-order valence-corrected chi connectivity index (χ1v) is 8.53. The molecule has 1 heterocycles. The number of aryl methyl sites for hydroxylation is 2. The van der Waals surface area contributed by atoms with E-state index in [2.05, 4.69) is 77.9 Å². The van der Waals surface area contributed by atoms with Crippen molar-refractivity contribution in [3.05, 3.63) is 70.6 Å². The minimum atomic E-state index is 0.794. The number of hydrogen-bond acceptors (Lipinski definition) is 4. The maximum atomic E-state index is 4.56. The summed E-state index contributed by atoms with van der Waals surface area (Å²) in [5.74, 6) is 0. The van der Waals surface area contributed by atoms with Crippen LogP contribution in [0.25, 0.3) is 11.3 Å². The number of hydrazone groups is 1. The molecule has 0 saturated heterocycles. The monoisotopic (exact) mass is 321 g/mol. The molecule has 116 valence electrons. The van der Waals surface area contributed by atoms with Crippen molar-refractivity contribution in [2.75, 3.05) is 5.43 Å². The van der Waals surface area contributed by atoms with Crippen molar-refractivity contribution in [3.63, 3.8) is 0 Å². The van der Waals surface area contributed by atoms with E-state index in [-0.39, 0.29) is 0 Å². The highest BCUT2D eigenvalue weighted by molar-refractivity contribution is 7.14. The Morgan fingerprint density at radius 1 is 1.09 bits per heavy atom. The Hall–Kier alpha value is -2.46. The molecule has 1 aromatic heterocycles. The molecule has 23 heavy (non-hydrogen) atoms. The summed E-state index contributed by atoms with van der Waals surface area (Å²) in [7, 11) is 0. The standard InChI is InChI=1S/C19H19N3S/c1-3-15-6-8-16(9-7-15)12-20-22-19-21-18(13-23-19)17-10-4-14(2)5-11-17/h4-13H,3H2,1-2H3,(H,21,22)/b20-12-. The zero-order chi connectivity index (χ0) is 16.1. The number of aromatic nitrogens is 1. The molecule has 0 saturated carbocycles. The first-order chi connectivity index (χ1) is 11.2. The second-order valence-electron chi connectivity index (χ2n) is 5.37. The summed E-state index contributed by atoms with van der Waals surface area (Å²) < 4.78 is 0. The molecule has 0 aliphatic heterocycles. The predicted molar refractivity (Wildman–Crippen MR) is 99.3 cm³/mol. The van der Waals surface area contributed by atoms with E-state index < -0.39 is 0 Å². The van der Waals surface area contributed by atoms with Gasteiger partial charge in [0.2, 0.25) is 5.13 Å². The van der Waals surface area contributed by atoms with Gasteiger partial charge in [-0.3, -0.25) is 5.43 Å². The van der Waals surface area contributed by atoms with Crippen LogP contribution in [0.15, 0.2) is 59.0 Å². The van der Waals surface area contributed by atoms with E-state index in [1.54, 1.807) is 11.3 Å². The smallest absolute Gasteiger partial charge is 0.203 e. The first-order valence-electron chi connectivity index (χ1n) is 7.65. The van der Waals surface area contributed by atoms with Gasteiger partial charge in [0, 0.05) is 10.9 Å². The van der Waals surface area contributed by atoms with Crippen LogP contribution in [0.2, 0.25) is 0 Å². The zero-order valence-electron chi connectivity index (χ0n) is 13.3. The predicted octanol–water partition coefficient (Wildman–Crippen LogP) is 5.13. The van der Waals surface area contributed by atoms with Gasteiger partial charge >= 0.3 is 0 Å². The average molecular weight is 321 g/mol. The maximum absolute atomic E-state index is 4.56. The molecule has 3 nitrogen and oxygen atoms in total. The Morgan fingerprint density at radius 2 is 1.83 bits per heavy atom. The number of nitrogens with one attached hydrogen (secondary N) is 1. The summed E-state index contributed by atoms with van der Waals surface area (Å²) in [6.45, 7) is 4.23. The molecule has 3 aromatic rings. The Labute approximate surface area is 140 Å². The van der Waals surface area contributed by atoms with Gasteiger partial charge in [0.1, 0.15) is 0 Å². The first kappa shape index (κ1) is 15.4. The SMILES string of the molecule is CCc1ccc(/C=N\Nc2nc(-c3ccc(C)cc3)cs2)cc1. The Morgan fingerprint density at radius 3 is 2.52 bits per heavy atom. The van der Waals surface area contributed by atoms with Crippen molar-refractivity contribution in [2.45, 2.75) is 20.3 Å². The molecule has 0 aliphatic carbocycles. The Kier molecular flexibility index (Phi) is 4.83. The van der Waals surface area contributed by atoms with Gasteiger partial charge in [-0.25, -0.2) is 4.98 Å². The molecule has 0 amide bonds. The quantitative estimate of drug-likeness (QED) is 0.522. The van der Waals surface area contributed by atoms with Crippen LogP contribution >= 0.6 is 11.3 Å². The fourth-order valence-electron chi connectivity index (χ4n) is 2.18. The lowest BCUT2D eigenvalue weighted by atomic mass is 10.1. The molecule has 0 bridgehead atoms. The minimum Gasteiger partial charge on any atom is -0.253 e. The molecule has 2 aromatic carbocycles. The van der Waals surface area contributed by atoms with E-state index in [9.17, 15) is 0 Å². The van der Waals surface area contributed by atoms with Crippen LogP contribution in [0.5, 0.6) is 0 Å². The van der Waals surface area contributed by atoms with E-state index in [0.29, 0.717) is 0 Å². The van der Waals surface area contributed by atoms with Crippen LogP contribution in [-0.2, 0) is 6.42 Å². The van der Waals surface area contributed by atoms with Crippen LogP contribution in [-0.4, -0.2) is 11.2 Å². The fourth-order valence-corrected chi connectivity index (χ4v) is 2.85. The highest BCUT2D eigenvalue weighted by Crippen LogP contribution is 2.25. The Balaban J connectivity index is 1.64. The maximum Gasteiger partial charge on any atom is 0.203 e. The van der Waals surface area contributed by atoms with E-state index in [1.807, 2.05) is 11.6 Å². The summed E-state index contributed by atoms with van der Waals surface area (Å²) in [4.78, 5) is 4.56. The van der Waals surface area contributed by atoms with E-state index in [1.165, 1.54) is 11.1 Å². The normalized spacial score (nSPS) is 11.0. The molecule has 0 aliphatic rings. The van der Waals surface area contributed by atoms with E-state index >= 15 is 0 Å². The van der Waals surface area contributed by atoms with Gasteiger partial charge in [-0.15, -0.1) is 11.3 Å². The minimum absolute atomic E-state index is 0.794. The third-order valence-electron chi connectivity index (χ3n) is 3.61. The lowest BCUT2D eigenvalue weighted by Gasteiger charge is -1.98. The molecule has 0 spiro atoms. The van der Waals surface area contributed by atoms with Crippen LogP contribution in [0.3, 0.4) is 0 Å². The van der Waals surface area contributed by atoms with Gasteiger partial charge in [-0.2, -0.15) is 5.10 Å². The van der Waals surface area contributed by atoms with Crippen LogP contribution < -0.4 is 5.43 Å². The van der Waals surface area contributed by atoms with Crippen molar-refractivity contribution in [1.29, 1.82) is 0 Å². The third-order valence-corrected chi connectivity index (χ3v) is 4.36. The second kappa shape index (κ2) is 7.20. The summed E-state index contributed by atoms with van der Waals surface area (Å²) >= 11 is 1.55. The molecule has 0 radical (unpaired) electrons. The number of thiazole rings is 1. The van der Waals surface area contributed by atoms with Crippen LogP contribution in [0.4, 0.5) is 5.13 Å². The number of benzene rings is 2. The lowest BCUT2D eigenvalue weighted by molar-refractivity contribution is 1.14. The van der Waals surface area contributed by atoms with Crippen molar-refractivity contribution in [2.24, 2.45) is 5.10 Å². The fraction of sp³-hybridized carbons (Fsp3) is 0.158. The highest BCUT2D eigenvalue weighted by Gasteiger charge is 2.03. The van der Waals surface area contributed by atoms with Gasteiger partial charge in [0.25, 0.3) is 0 Å². The van der Waals surface area contributed by atoms with Crippen molar-refractivity contribution < 1.29 is 0 Å². The molecule has 0 fully saturated rings. The summed E-state index contributed by atoms with van der Waals surface area (Å²) in [6.07, 6.45) is 2.86. The van der Waals surface area contributed by atoms with Crippen LogP contribution in [0.1, 0.15) is 23.6 Å². The molecule has 0 atom stereocenters. The van der Waals surface area contributed by atoms with Gasteiger partial charge < -0.3 is 0 Å². The Bertz CT molecular complexity index is 786. The van der Waals surface area contributed by atoms with E-state index in [0.717, 1.165) is 28.4 Å². The topological polar surface area (TPSA) is 37.3 Å². The van der Waals surface area contributed by atoms with E-state index in [4.69, 9.17) is 0 Å². The van der Waals surface area contributed by atoms with Crippen LogP contribution in [0, 0.1) is 6.92 Å². The van der Waals surface area contributed by atoms with Gasteiger partial charge in [0.15, 0.2) is 0 Å². The largest absolute Gasteiger partial charge is 0.253 e. The lowest BCUT2D eigenvalue weighted by Crippen LogP contribution is -1.90. The summed E-state index contributed by atoms with van der Waals surface area (Å²) in [5.41, 5.74) is 8.75. The van der Waals surface area contributed by atoms with Crippen molar-refractivity contribution in [3.8, 4) is 11.3 Å². The van der Waals surface area contributed by atoms with Crippen molar-refractivity contribution in [1.82, 2.24) is 4.98 Å². The molecule has 0 unspecified atom stereocenters. The molecule has 4 heteroatoms. The number of hydrogen-bond donors (Lipinski definition) is 1. The summed E-state index contributed by atoms with van der Waals surface area (Å²) in [6, 6.07) is 16.8. The molecular formula is C19H19N3S. The number of anilines is 1. The van der Waals surface area contributed by atoms with Gasteiger partial charge in [-0.1, -0.05) is 61.0 Å². The molecular weight excluding hydrogens is 302 g/mol. The third kappa shape index (κ3) is 4.05.